The molecule has 176 valence electrons. The molecule has 1 saturated carbocycles. The van der Waals surface area contributed by atoms with E-state index in [-0.39, 0.29) is 29.9 Å². The van der Waals surface area contributed by atoms with Crippen molar-refractivity contribution in [3.8, 4) is 5.88 Å². The Morgan fingerprint density at radius 3 is 2.69 bits per heavy atom. The number of carbonyl (C=O) groups is 1. The monoisotopic (exact) mass is 481 g/mol. The van der Waals surface area contributed by atoms with Crippen LogP contribution in [-0.2, 0) is 16.0 Å². The third-order valence-corrected chi connectivity index (χ3v) is 8.01. The fourth-order valence-electron chi connectivity index (χ4n) is 5.20. The fraction of sp³-hybridized carbons (Fsp3) is 0.696. The second kappa shape index (κ2) is 10.6. The molecule has 0 aliphatic heterocycles. The van der Waals surface area contributed by atoms with Gasteiger partial charge in [0.1, 0.15) is 10.9 Å². The molecule has 0 bridgehead atoms. The lowest BCUT2D eigenvalue weighted by Gasteiger charge is -2.36. The van der Waals surface area contributed by atoms with Crippen LogP contribution in [0.5, 0.6) is 5.88 Å². The number of nitrogens with zero attached hydrogens (tertiary/aromatic N) is 3. The molecule has 32 heavy (non-hydrogen) atoms. The molecule has 0 amide bonds. The summed E-state index contributed by atoms with van der Waals surface area (Å²) in [6.07, 6.45) is 6.26. The summed E-state index contributed by atoms with van der Waals surface area (Å²) in [6.45, 7) is 6.23. The summed E-state index contributed by atoms with van der Waals surface area (Å²) in [5.41, 5.74) is 1.15. The molecule has 0 unspecified atom stereocenters. The first-order chi connectivity index (χ1) is 15.5. The van der Waals surface area contributed by atoms with Crippen molar-refractivity contribution in [3.63, 3.8) is 0 Å². The molecule has 4 rings (SSSR count). The quantitative estimate of drug-likeness (QED) is 0.421. The Balaban J connectivity index is 1.53. The predicted octanol–water partition coefficient (Wildman–Crippen LogP) is 4.33. The lowest BCUT2D eigenvalue weighted by atomic mass is 9.91. The molecule has 0 radical (unpaired) electrons. The Hall–Kier alpha value is -1.48. The van der Waals surface area contributed by atoms with E-state index in [0.717, 1.165) is 67.4 Å². The van der Waals surface area contributed by atoms with Crippen LogP contribution in [0.2, 0.25) is 5.28 Å². The number of thiophene rings is 1. The van der Waals surface area contributed by atoms with Crippen LogP contribution in [0, 0.1) is 0 Å². The third-order valence-electron chi connectivity index (χ3n) is 6.68. The summed E-state index contributed by atoms with van der Waals surface area (Å²) < 4.78 is 11.6. The smallest absolute Gasteiger partial charge is 0.306 e. The van der Waals surface area contributed by atoms with Gasteiger partial charge in [-0.25, -0.2) is 4.98 Å². The highest BCUT2D eigenvalue weighted by Gasteiger charge is 2.33. The zero-order chi connectivity index (χ0) is 22.7. The maximum Gasteiger partial charge on any atom is 0.306 e. The van der Waals surface area contributed by atoms with Gasteiger partial charge in [-0.05, 0) is 75.1 Å². The highest BCUT2D eigenvalue weighted by Crippen LogP contribution is 2.48. The van der Waals surface area contributed by atoms with Crippen LogP contribution in [0.15, 0.2) is 0 Å². The Labute approximate surface area is 198 Å². The maximum absolute atomic E-state index is 12.2. The largest absolute Gasteiger partial charge is 0.474 e. The number of halogens is 1. The Bertz CT molecular complexity index is 945. The van der Waals surface area contributed by atoms with Gasteiger partial charge in [-0.15, -0.1) is 11.3 Å². The van der Waals surface area contributed by atoms with Gasteiger partial charge in [0, 0.05) is 17.5 Å². The highest BCUT2D eigenvalue weighted by molar-refractivity contribution is 7.19. The van der Waals surface area contributed by atoms with Crippen molar-refractivity contribution in [3.05, 3.63) is 15.7 Å². The second-order valence-electron chi connectivity index (χ2n) is 8.56. The van der Waals surface area contributed by atoms with Crippen LogP contribution in [0.25, 0.3) is 10.2 Å². The number of carbonyl (C=O) groups excluding carboxylic acids is 1. The summed E-state index contributed by atoms with van der Waals surface area (Å²) in [6, 6.07) is 0.486. The molecule has 1 N–H and O–H groups in total. The van der Waals surface area contributed by atoms with E-state index in [1.807, 2.05) is 6.92 Å². The highest BCUT2D eigenvalue weighted by atomic mass is 35.5. The van der Waals surface area contributed by atoms with Crippen LogP contribution in [0.3, 0.4) is 0 Å². The van der Waals surface area contributed by atoms with Gasteiger partial charge in [-0.3, -0.25) is 9.69 Å². The maximum atomic E-state index is 12.2. The van der Waals surface area contributed by atoms with Gasteiger partial charge in [-0.1, -0.05) is 6.92 Å². The lowest BCUT2D eigenvalue weighted by molar-refractivity contribution is -0.143. The van der Waals surface area contributed by atoms with Crippen molar-refractivity contribution in [1.29, 1.82) is 0 Å². The number of ether oxygens (including phenoxy) is 2. The minimum Gasteiger partial charge on any atom is -0.474 e. The minimum absolute atomic E-state index is 0.0775. The number of hydrogen-bond donors (Lipinski definition) is 1. The van der Waals surface area contributed by atoms with Gasteiger partial charge in [0.15, 0.2) is 0 Å². The van der Waals surface area contributed by atoms with Crippen molar-refractivity contribution in [2.75, 3.05) is 26.3 Å². The average molecular weight is 482 g/mol. The SMILES string of the molecule is CCOC(=O)C[C@H]1CCc2sc3nc(Cl)nc(OC4CCC(N(CC)CCO)CC4)c3c21. The van der Waals surface area contributed by atoms with E-state index in [2.05, 4.69) is 21.8 Å². The molecule has 2 aromatic rings. The van der Waals surface area contributed by atoms with Gasteiger partial charge < -0.3 is 14.6 Å². The van der Waals surface area contributed by atoms with Gasteiger partial charge in [0.05, 0.1) is 25.0 Å². The lowest BCUT2D eigenvalue weighted by Crippen LogP contribution is -2.41. The number of hydrogen-bond acceptors (Lipinski definition) is 8. The number of aliphatic hydroxyl groups is 1. The van der Waals surface area contributed by atoms with Crippen LogP contribution in [-0.4, -0.2) is 64.4 Å². The van der Waals surface area contributed by atoms with Crippen molar-refractivity contribution >= 4 is 39.1 Å². The molecule has 2 aliphatic rings. The van der Waals surface area contributed by atoms with Gasteiger partial charge in [0.2, 0.25) is 11.2 Å². The molecule has 9 heteroatoms. The summed E-state index contributed by atoms with van der Waals surface area (Å²) in [5, 5.41) is 10.4. The molecule has 0 aromatic carbocycles. The van der Waals surface area contributed by atoms with Gasteiger partial charge in [0.25, 0.3) is 0 Å². The van der Waals surface area contributed by atoms with E-state index in [4.69, 9.17) is 21.1 Å². The molecule has 1 atom stereocenters. The fourth-order valence-corrected chi connectivity index (χ4v) is 6.68. The molecular formula is C23H32ClN3O4S. The summed E-state index contributed by atoms with van der Waals surface area (Å²) in [5.74, 6) is 0.500. The van der Waals surface area contributed by atoms with Gasteiger partial charge in [-0.2, -0.15) is 4.98 Å². The molecule has 7 nitrogen and oxygen atoms in total. The number of rotatable bonds is 9. The number of likely N-dealkylation sites (N-methyl/N-ethyl adjacent to an activating group) is 1. The molecular weight excluding hydrogens is 450 g/mol. The van der Waals surface area contributed by atoms with Crippen molar-refractivity contribution in [2.24, 2.45) is 0 Å². The molecule has 2 heterocycles. The Morgan fingerprint density at radius 1 is 1.22 bits per heavy atom. The number of fused-ring (bicyclic) bond motifs is 3. The standard InChI is InChI=1S/C23H32ClN3O4S/c1-3-27(11-12-28)15-6-8-16(9-7-15)31-21-20-19-14(13-18(29)30-4-2)5-10-17(19)32-22(20)26-23(24)25-21/h14-16,28H,3-13H2,1-2H3/t14-,15?,16?/m1/s1. The second-order valence-corrected chi connectivity index (χ2v) is 9.98. The first-order valence-corrected chi connectivity index (χ1v) is 12.9. The Morgan fingerprint density at radius 2 is 2.00 bits per heavy atom. The number of aryl methyl sites for hydroxylation is 1. The Kier molecular flexibility index (Phi) is 7.87. The molecule has 0 saturated heterocycles. The van der Waals surface area contributed by atoms with Gasteiger partial charge >= 0.3 is 5.97 Å². The summed E-state index contributed by atoms with van der Waals surface area (Å²) >= 11 is 7.88. The van der Waals surface area contributed by atoms with E-state index >= 15 is 0 Å². The van der Waals surface area contributed by atoms with E-state index in [9.17, 15) is 9.90 Å². The van der Waals surface area contributed by atoms with E-state index in [1.54, 1.807) is 11.3 Å². The summed E-state index contributed by atoms with van der Waals surface area (Å²) in [4.78, 5) is 25.5. The van der Waals surface area contributed by atoms with Crippen LogP contribution < -0.4 is 4.74 Å². The molecule has 1 fully saturated rings. The first kappa shape index (κ1) is 23.7. The molecule has 2 aromatic heterocycles. The number of esters is 1. The van der Waals surface area contributed by atoms with Crippen molar-refractivity contribution in [1.82, 2.24) is 14.9 Å². The van der Waals surface area contributed by atoms with E-state index < -0.39 is 0 Å². The minimum atomic E-state index is -0.163. The zero-order valence-electron chi connectivity index (χ0n) is 18.8. The normalized spacial score (nSPS) is 23.0. The summed E-state index contributed by atoms with van der Waals surface area (Å²) in [7, 11) is 0. The van der Waals surface area contributed by atoms with Crippen molar-refractivity contribution < 1.29 is 19.4 Å². The zero-order valence-corrected chi connectivity index (χ0v) is 20.4. The number of aromatic nitrogens is 2. The van der Waals surface area contributed by atoms with Crippen LogP contribution >= 0.6 is 22.9 Å². The van der Waals surface area contributed by atoms with Crippen molar-refractivity contribution in [2.45, 2.75) is 76.9 Å². The van der Waals surface area contributed by atoms with Crippen LogP contribution in [0.1, 0.15) is 68.7 Å². The molecule has 2 aliphatic carbocycles. The first-order valence-electron chi connectivity index (χ1n) is 11.7. The van der Waals surface area contributed by atoms with Crippen LogP contribution in [0.4, 0.5) is 0 Å². The molecule has 0 spiro atoms. The topological polar surface area (TPSA) is 84.8 Å². The number of aliphatic hydroxyl groups excluding tert-OH is 1. The average Bonchev–Trinajstić information content (AvgIpc) is 3.32. The third kappa shape index (κ3) is 5.03. The predicted molar refractivity (Wildman–Crippen MR) is 126 cm³/mol. The van der Waals surface area contributed by atoms with E-state index in [1.165, 1.54) is 4.88 Å². The van der Waals surface area contributed by atoms with E-state index in [0.29, 0.717) is 24.9 Å².